The molecule has 1 heterocycles. The number of fused-ring (bicyclic) bond motifs is 1. The van der Waals surface area contributed by atoms with E-state index in [-0.39, 0.29) is 5.75 Å². The summed E-state index contributed by atoms with van der Waals surface area (Å²) < 4.78 is 2.60. The van der Waals surface area contributed by atoms with Crippen molar-refractivity contribution in [2.24, 2.45) is 0 Å². The normalized spacial score (nSPS) is 11.0. The van der Waals surface area contributed by atoms with E-state index in [1.54, 1.807) is 0 Å². The van der Waals surface area contributed by atoms with Crippen LogP contribution in [0, 0.1) is 13.8 Å². The minimum atomic E-state index is 0.156. The van der Waals surface area contributed by atoms with Gasteiger partial charge in [0.05, 0.1) is 16.7 Å². The zero-order chi connectivity index (χ0) is 17.4. The van der Waals surface area contributed by atoms with Crippen molar-refractivity contribution in [3.63, 3.8) is 0 Å². The number of aromatic nitrogens is 1. The number of halogens is 3. The lowest BCUT2D eigenvalue weighted by atomic mass is 10.1. The first-order chi connectivity index (χ1) is 11.4. The molecule has 0 radical (unpaired) electrons. The number of phenols is 1. The molecule has 0 amide bonds. The summed E-state index contributed by atoms with van der Waals surface area (Å²) in [5.41, 5.74) is 4.94. The Kier molecular flexibility index (Phi) is 5.18. The van der Waals surface area contributed by atoms with Crippen LogP contribution < -0.4 is 5.32 Å². The molecular formula is C18H15Br3N2O. The SMILES string of the molecule is Cc1cc(NCc2ccc3c(Br)cc(Br)c(O)c3n2)cc(Br)c1C. The third-order valence-corrected chi connectivity index (χ3v) is 6.08. The van der Waals surface area contributed by atoms with Gasteiger partial charge in [0.2, 0.25) is 0 Å². The Balaban J connectivity index is 1.90. The number of phenolic OH excluding ortho intramolecular Hbond substituents is 1. The Morgan fingerprint density at radius 2 is 1.75 bits per heavy atom. The molecular weight excluding hydrogens is 500 g/mol. The van der Waals surface area contributed by atoms with E-state index in [4.69, 9.17) is 0 Å². The first-order valence-electron chi connectivity index (χ1n) is 7.34. The predicted octanol–water partition coefficient (Wildman–Crippen LogP) is 6.46. The minimum absolute atomic E-state index is 0.156. The third kappa shape index (κ3) is 3.46. The lowest BCUT2D eigenvalue weighted by Gasteiger charge is -2.12. The molecule has 0 saturated carbocycles. The molecule has 24 heavy (non-hydrogen) atoms. The number of anilines is 1. The number of aryl methyl sites for hydroxylation is 1. The van der Waals surface area contributed by atoms with Crippen LogP contribution in [-0.2, 0) is 6.54 Å². The maximum atomic E-state index is 10.2. The van der Waals surface area contributed by atoms with Crippen molar-refractivity contribution >= 4 is 64.4 Å². The van der Waals surface area contributed by atoms with Crippen molar-refractivity contribution in [3.8, 4) is 5.75 Å². The second kappa shape index (κ2) is 7.02. The van der Waals surface area contributed by atoms with Crippen LogP contribution in [0.1, 0.15) is 16.8 Å². The topological polar surface area (TPSA) is 45.1 Å². The molecule has 0 fully saturated rings. The molecule has 3 nitrogen and oxygen atoms in total. The number of aromatic hydroxyl groups is 1. The fourth-order valence-electron chi connectivity index (χ4n) is 2.45. The number of hydrogen-bond acceptors (Lipinski definition) is 3. The van der Waals surface area contributed by atoms with Crippen molar-refractivity contribution in [1.82, 2.24) is 4.98 Å². The molecule has 3 rings (SSSR count). The van der Waals surface area contributed by atoms with E-state index in [1.165, 1.54) is 11.1 Å². The van der Waals surface area contributed by atoms with Crippen LogP contribution in [0.3, 0.4) is 0 Å². The number of nitrogens with zero attached hydrogens (tertiary/aromatic N) is 1. The fourth-order valence-corrected chi connectivity index (χ4v) is 4.28. The summed E-state index contributed by atoms with van der Waals surface area (Å²) in [6, 6.07) is 9.93. The van der Waals surface area contributed by atoms with Crippen molar-refractivity contribution in [1.29, 1.82) is 0 Å². The van der Waals surface area contributed by atoms with E-state index in [0.29, 0.717) is 16.5 Å². The maximum absolute atomic E-state index is 10.2. The zero-order valence-electron chi connectivity index (χ0n) is 13.1. The van der Waals surface area contributed by atoms with Crippen molar-refractivity contribution < 1.29 is 5.11 Å². The van der Waals surface area contributed by atoms with E-state index in [9.17, 15) is 5.11 Å². The number of pyridine rings is 1. The molecule has 2 N–H and O–H groups in total. The summed E-state index contributed by atoms with van der Waals surface area (Å²) in [6.45, 7) is 4.76. The monoisotopic (exact) mass is 512 g/mol. The summed E-state index contributed by atoms with van der Waals surface area (Å²) in [7, 11) is 0. The summed E-state index contributed by atoms with van der Waals surface area (Å²) in [5.74, 6) is 0.156. The molecule has 0 unspecified atom stereocenters. The molecule has 0 bridgehead atoms. The van der Waals surface area contributed by atoms with Gasteiger partial charge in [-0.2, -0.15) is 0 Å². The third-order valence-electron chi connectivity index (χ3n) is 3.99. The Morgan fingerprint density at radius 3 is 2.46 bits per heavy atom. The second-order valence-corrected chi connectivity index (χ2v) is 8.20. The quantitative estimate of drug-likeness (QED) is 0.422. The van der Waals surface area contributed by atoms with E-state index >= 15 is 0 Å². The van der Waals surface area contributed by atoms with Gasteiger partial charge in [0.25, 0.3) is 0 Å². The van der Waals surface area contributed by atoms with Crippen LogP contribution in [0.15, 0.2) is 43.7 Å². The van der Waals surface area contributed by atoms with Gasteiger partial charge in [0, 0.05) is 20.0 Å². The van der Waals surface area contributed by atoms with Crippen LogP contribution >= 0.6 is 47.8 Å². The van der Waals surface area contributed by atoms with Crippen LogP contribution in [-0.4, -0.2) is 10.1 Å². The molecule has 0 aliphatic carbocycles. The molecule has 0 spiro atoms. The minimum Gasteiger partial charge on any atom is -0.505 e. The standard InChI is InChI=1S/C18H15Br3N2O/c1-9-5-12(6-14(19)10(9)2)22-8-11-3-4-13-15(20)7-16(21)18(24)17(13)23-11/h3-7,22,24H,8H2,1-2H3. The van der Waals surface area contributed by atoms with Gasteiger partial charge in [0.1, 0.15) is 5.52 Å². The Bertz CT molecular complexity index is 918. The van der Waals surface area contributed by atoms with Gasteiger partial charge in [-0.05, 0) is 71.2 Å². The Hall–Kier alpha value is -1.11. The number of benzene rings is 2. The molecule has 0 saturated heterocycles. The van der Waals surface area contributed by atoms with Crippen LogP contribution in [0.5, 0.6) is 5.75 Å². The predicted molar refractivity (Wildman–Crippen MR) is 110 cm³/mol. The lowest BCUT2D eigenvalue weighted by Crippen LogP contribution is -2.02. The molecule has 3 aromatic rings. The van der Waals surface area contributed by atoms with E-state index < -0.39 is 0 Å². The maximum Gasteiger partial charge on any atom is 0.156 e. The Morgan fingerprint density at radius 1 is 1.00 bits per heavy atom. The van der Waals surface area contributed by atoms with Gasteiger partial charge in [-0.15, -0.1) is 0 Å². The zero-order valence-corrected chi connectivity index (χ0v) is 17.9. The van der Waals surface area contributed by atoms with Crippen molar-refractivity contribution in [2.45, 2.75) is 20.4 Å². The molecule has 0 aliphatic rings. The molecule has 1 aromatic heterocycles. The summed E-state index contributed by atoms with van der Waals surface area (Å²) in [4.78, 5) is 4.59. The van der Waals surface area contributed by atoms with Crippen LogP contribution in [0.25, 0.3) is 10.9 Å². The van der Waals surface area contributed by atoms with Gasteiger partial charge in [-0.1, -0.05) is 31.9 Å². The summed E-state index contributed by atoms with van der Waals surface area (Å²) in [5, 5.41) is 14.5. The van der Waals surface area contributed by atoms with Gasteiger partial charge in [0.15, 0.2) is 5.75 Å². The molecule has 2 aromatic carbocycles. The van der Waals surface area contributed by atoms with E-state index in [1.807, 2.05) is 18.2 Å². The second-order valence-electron chi connectivity index (χ2n) is 5.64. The average molecular weight is 515 g/mol. The Labute approximate surface area is 165 Å². The smallest absolute Gasteiger partial charge is 0.156 e. The molecule has 0 atom stereocenters. The number of nitrogens with one attached hydrogen (secondary N) is 1. The van der Waals surface area contributed by atoms with E-state index in [2.05, 4.69) is 84.1 Å². The first kappa shape index (κ1) is 17.7. The lowest BCUT2D eigenvalue weighted by molar-refractivity contribution is 0.477. The van der Waals surface area contributed by atoms with E-state index in [0.717, 1.165) is 25.7 Å². The van der Waals surface area contributed by atoms with Crippen molar-refractivity contribution in [2.75, 3.05) is 5.32 Å². The summed E-state index contributed by atoms with van der Waals surface area (Å²) in [6.07, 6.45) is 0. The average Bonchev–Trinajstić information content (AvgIpc) is 2.55. The largest absolute Gasteiger partial charge is 0.505 e. The van der Waals surface area contributed by atoms with Crippen molar-refractivity contribution in [3.05, 3.63) is 60.6 Å². The first-order valence-corrected chi connectivity index (χ1v) is 9.72. The fraction of sp³-hybridized carbons (Fsp3) is 0.167. The highest BCUT2D eigenvalue weighted by atomic mass is 79.9. The number of hydrogen-bond donors (Lipinski definition) is 2. The molecule has 124 valence electrons. The number of rotatable bonds is 3. The van der Waals surface area contributed by atoms with Gasteiger partial charge >= 0.3 is 0 Å². The van der Waals surface area contributed by atoms with Gasteiger partial charge in [-0.25, -0.2) is 4.98 Å². The van der Waals surface area contributed by atoms with Crippen LogP contribution in [0.2, 0.25) is 0 Å². The van der Waals surface area contributed by atoms with Crippen LogP contribution in [0.4, 0.5) is 5.69 Å². The summed E-state index contributed by atoms with van der Waals surface area (Å²) >= 11 is 10.4. The highest BCUT2D eigenvalue weighted by molar-refractivity contribution is 9.11. The van der Waals surface area contributed by atoms with Gasteiger partial charge in [-0.3, -0.25) is 0 Å². The molecule has 6 heteroatoms. The van der Waals surface area contributed by atoms with Gasteiger partial charge < -0.3 is 10.4 Å². The highest BCUT2D eigenvalue weighted by Crippen LogP contribution is 2.36. The molecule has 0 aliphatic heterocycles. The highest BCUT2D eigenvalue weighted by Gasteiger charge is 2.11.